The van der Waals surface area contributed by atoms with Gasteiger partial charge in [0.15, 0.2) is 0 Å². The van der Waals surface area contributed by atoms with Crippen molar-refractivity contribution in [3.05, 3.63) is 0 Å². The van der Waals surface area contributed by atoms with Gasteiger partial charge < -0.3 is 14.7 Å². The van der Waals surface area contributed by atoms with E-state index in [0.29, 0.717) is 0 Å². The summed E-state index contributed by atoms with van der Waals surface area (Å²) in [5.41, 5.74) is -0.160. The normalized spacial score (nSPS) is 25.6. The average Bonchev–Trinajstić information content (AvgIpc) is 3.23. The van der Waals surface area contributed by atoms with Crippen LogP contribution >= 0.6 is 0 Å². The Balaban J connectivity index is 1.54. The molecule has 2 heterocycles. The Bertz CT molecular complexity index is 423. The molecule has 0 aromatic heterocycles. The number of hydrogen-bond donors (Lipinski definition) is 0. The van der Waals surface area contributed by atoms with Crippen LogP contribution in [0.1, 0.15) is 32.1 Å². The molecule has 2 amide bonds. The topological polar surface area (TPSA) is 43.9 Å². The van der Waals surface area contributed by atoms with Gasteiger partial charge in [-0.05, 0) is 51.1 Å². The van der Waals surface area contributed by atoms with Gasteiger partial charge in [-0.3, -0.25) is 9.59 Å². The Morgan fingerprint density at radius 1 is 1.19 bits per heavy atom. The van der Waals surface area contributed by atoms with Crippen LogP contribution in [0.5, 0.6) is 0 Å². The summed E-state index contributed by atoms with van der Waals surface area (Å²) < 4.78 is 0. The van der Waals surface area contributed by atoms with Crippen LogP contribution in [-0.4, -0.2) is 73.3 Å². The molecule has 5 heteroatoms. The van der Waals surface area contributed by atoms with E-state index in [9.17, 15) is 9.59 Å². The second-order valence-corrected chi connectivity index (χ2v) is 7.29. The molecule has 0 aromatic carbocycles. The molecule has 0 atom stereocenters. The molecular weight excluding hydrogens is 266 g/mol. The minimum Gasteiger partial charge on any atom is -0.347 e. The van der Waals surface area contributed by atoms with Gasteiger partial charge in [0.2, 0.25) is 11.8 Å². The van der Waals surface area contributed by atoms with Crippen LogP contribution < -0.4 is 0 Å². The maximum Gasteiger partial charge on any atom is 0.241 e. The number of hydrogen-bond acceptors (Lipinski definition) is 3. The second-order valence-electron chi connectivity index (χ2n) is 7.29. The molecule has 0 radical (unpaired) electrons. The predicted molar refractivity (Wildman–Crippen MR) is 80.7 cm³/mol. The molecule has 0 unspecified atom stereocenters. The van der Waals surface area contributed by atoms with Gasteiger partial charge in [-0.2, -0.15) is 0 Å². The largest absolute Gasteiger partial charge is 0.347 e. The molecule has 3 aliphatic rings. The predicted octanol–water partition coefficient (Wildman–Crippen LogP) is 0.799. The first-order valence-corrected chi connectivity index (χ1v) is 8.22. The smallest absolute Gasteiger partial charge is 0.241 e. The van der Waals surface area contributed by atoms with E-state index in [1.807, 2.05) is 0 Å². The maximum absolute atomic E-state index is 12.7. The van der Waals surface area contributed by atoms with Gasteiger partial charge in [0.25, 0.3) is 0 Å². The number of nitrogens with zero attached hydrogens (tertiary/aromatic N) is 3. The monoisotopic (exact) mass is 293 g/mol. The van der Waals surface area contributed by atoms with Gasteiger partial charge in [-0.25, -0.2) is 0 Å². The van der Waals surface area contributed by atoms with Gasteiger partial charge in [-0.1, -0.05) is 0 Å². The third kappa shape index (κ3) is 3.07. The Hall–Kier alpha value is -1.10. The number of piperidine rings is 1. The van der Waals surface area contributed by atoms with Crippen LogP contribution in [0, 0.1) is 11.3 Å². The van der Waals surface area contributed by atoms with Gasteiger partial charge in [0.1, 0.15) is 0 Å². The molecule has 1 aliphatic carbocycles. The summed E-state index contributed by atoms with van der Waals surface area (Å²) in [6.45, 7) is 4.34. The van der Waals surface area contributed by atoms with Crippen LogP contribution in [-0.2, 0) is 9.59 Å². The number of rotatable bonds is 4. The van der Waals surface area contributed by atoms with Crippen LogP contribution in [0.3, 0.4) is 0 Å². The summed E-state index contributed by atoms with van der Waals surface area (Å²) in [4.78, 5) is 30.4. The van der Waals surface area contributed by atoms with Crippen molar-refractivity contribution in [2.45, 2.75) is 32.1 Å². The minimum absolute atomic E-state index is 0.0200. The molecule has 0 N–H and O–H groups in total. The van der Waals surface area contributed by atoms with Crippen molar-refractivity contribution in [3.63, 3.8) is 0 Å². The zero-order chi connectivity index (χ0) is 15.0. The molecule has 0 aromatic rings. The Kier molecular flexibility index (Phi) is 3.95. The lowest BCUT2D eigenvalue weighted by atomic mass is 9.77. The molecule has 3 rings (SSSR count). The van der Waals surface area contributed by atoms with Gasteiger partial charge in [0, 0.05) is 27.2 Å². The van der Waals surface area contributed by atoms with E-state index < -0.39 is 0 Å². The van der Waals surface area contributed by atoms with Crippen molar-refractivity contribution < 1.29 is 9.59 Å². The SMILES string of the molecule is CN(C)C(=O)CN1CCC2(CCN(CC3CC3)CC2)C1=O. The van der Waals surface area contributed by atoms with E-state index in [-0.39, 0.29) is 23.8 Å². The average molecular weight is 293 g/mol. The van der Waals surface area contributed by atoms with Crippen molar-refractivity contribution in [1.29, 1.82) is 0 Å². The van der Waals surface area contributed by atoms with Crippen molar-refractivity contribution in [1.82, 2.24) is 14.7 Å². The van der Waals surface area contributed by atoms with Crippen molar-refractivity contribution >= 4 is 11.8 Å². The highest BCUT2D eigenvalue weighted by Crippen LogP contribution is 2.42. The van der Waals surface area contributed by atoms with Crippen LogP contribution in [0.15, 0.2) is 0 Å². The van der Waals surface area contributed by atoms with Crippen LogP contribution in [0.4, 0.5) is 0 Å². The van der Waals surface area contributed by atoms with E-state index in [1.165, 1.54) is 19.4 Å². The first-order valence-electron chi connectivity index (χ1n) is 8.22. The lowest BCUT2D eigenvalue weighted by molar-refractivity contribution is -0.143. The zero-order valence-corrected chi connectivity index (χ0v) is 13.3. The Morgan fingerprint density at radius 3 is 2.38 bits per heavy atom. The molecule has 21 heavy (non-hydrogen) atoms. The lowest BCUT2D eigenvalue weighted by Crippen LogP contribution is -2.46. The number of likely N-dealkylation sites (N-methyl/N-ethyl adjacent to an activating group) is 1. The molecular formula is C16H27N3O2. The summed E-state index contributed by atoms with van der Waals surface area (Å²) >= 11 is 0. The fraction of sp³-hybridized carbons (Fsp3) is 0.875. The molecule has 2 saturated heterocycles. The second kappa shape index (κ2) is 5.59. The minimum atomic E-state index is -0.160. The standard InChI is InChI=1S/C16H27N3O2/c1-17(2)14(20)12-19-10-7-16(15(19)21)5-8-18(9-6-16)11-13-3-4-13/h13H,3-12H2,1-2H3. The van der Waals surface area contributed by atoms with Crippen molar-refractivity contribution in [3.8, 4) is 0 Å². The number of amides is 2. The van der Waals surface area contributed by atoms with Crippen LogP contribution in [0.2, 0.25) is 0 Å². The molecule has 0 bridgehead atoms. The summed E-state index contributed by atoms with van der Waals surface area (Å²) in [6.07, 6.45) is 5.67. The van der Waals surface area contributed by atoms with E-state index in [0.717, 1.165) is 44.8 Å². The first kappa shape index (κ1) is 14.8. The quantitative estimate of drug-likeness (QED) is 0.770. The fourth-order valence-corrected chi connectivity index (χ4v) is 3.64. The maximum atomic E-state index is 12.7. The summed E-state index contributed by atoms with van der Waals surface area (Å²) in [5.74, 6) is 1.17. The van der Waals surface area contributed by atoms with E-state index in [4.69, 9.17) is 0 Å². The van der Waals surface area contributed by atoms with Crippen LogP contribution in [0.25, 0.3) is 0 Å². The first-order chi connectivity index (χ1) is 10.00. The lowest BCUT2D eigenvalue weighted by Gasteiger charge is -2.38. The molecule has 118 valence electrons. The Morgan fingerprint density at radius 2 is 1.81 bits per heavy atom. The number of carbonyl (C=O) groups excluding carboxylic acids is 2. The highest BCUT2D eigenvalue weighted by Gasteiger charge is 2.48. The van der Waals surface area contributed by atoms with E-state index in [2.05, 4.69) is 4.90 Å². The third-order valence-electron chi connectivity index (χ3n) is 5.45. The van der Waals surface area contributed by atoms with E-state index >= 15 is 0 Å². The van der Waals surface area contributed by atoms with Gasteiger partial charge in [-0.15, -0.1) is 0 Å². The highest BCUT2D eigenvalue weighted by atomic mass is 16.2. The summed E-state index contributed by atoms with van der Waals surface area (Å²) in [5, 5.41) is 0. The zero-order valence-electron chi connectivity index (χ0n) is 13.3. The van der Waals surface area contributed by atoms with E-state index in [1.54, 1.807) is 23.9 Å². The third-order valence-corrected chi connectivity index (χ3v) is 5.45. The number of likely N-dealkylation sites (tertiary alicyclic amines) is 2. The van der Waals surface area contributed by atoms with Crippen molar-refractivity contribution in [2.75, 3.05) is 46.8 Å². The van der Waals surface area contributed by atoms with Gasteiger partial charge >= 0.3 is 0 Å². The molecule has 1 spiro atoms. The molecule has 2 aliphatic heterocycles. The molecule has 1 saturated carbocycles. The van der Waals surface area contributed by atoms with Crippen molar-refractivity contribution in [2.24, 2.45) is 11.3 Å². The molecule has 3 fully saturated rings. The fourth-order valence-electron chi connectivity index (χ4n) is 3.64. The molecule has 5 nitrogen and oxygen atoms in total. The summed E-state index contributed by atoms with van der Waals surface area (Å²) in [6, 6.07) is 0. The van der Waals surface area contributed by atoms with Gasteiger partial charge in [0.05, 0.1) is 12.0 Å². The number of carbonyl (C=O) groups is 2. The highest BCUT2D eigenvalue weighted by molar-refractivity contribution is 5.89. The Labute approximate surface area is 127 Å². The summed E-state index contributed by atoms with van der Waals surface area (Å²) in [7, 11) is 3.49.